The van der Waals surface area contributed by atoms with Gasteiger partial charge in [0.05, 0.1) is 32.3 Å². The van der Waals surface area contributed by atoms with Gasteiger partial charge in [-0.15, -0.1) is 0 Å². The van der Waals surface area contributed by atoms with Gasteiger partial charge in [-0.05, 0) is 37.1 Å². The highest BCUT2D eigenvalue weighted by atomic mass is 16.5. The molecule has 0 aliphatic carbocycles. The van der Waals surface area contributed by atoms with Gasteiger partial charge in [0.1, 0.15) is 5.75 Å². The normalized spacial score (nSPS) is 22.3. The van der Waals surface area contributed by atoms with Gasteiger partial charge >= 0.3 is 0 Å². The van der Waals surface area contributed by atoms with Crippen molar-refractivity contribution < 1.29 is 19.1 Å². The molecule has 3 rings (SSSR count). The predicted molar refractivity (Wildman–Crippen MR) is 115 cm³/mol. The van der Waals surface area contributed by atoms with Crippen LogP contribution >= 0.6 is 0 Å². The van der Waals surface area contributed by atoms with Crippen LogP contribution in [-0.4, -0.2) is 74.7 Å². The van der Waals surface area contributed by atoms with Crippen molar-refractivity contribution >= 4 is 11.8 Å². The number of benzene rings is 1. The summed E-state index contributed by atoms with van der Waals surface area (Å²) in [6.45, 7) is 7.87. The molecule has 1 aromatic rings. The van der Waals surface area contributed by atoms with Crippen molar-refractivity contribution in [1.82, 2.24) is 15.1 Å². The molecule has 30 heavy (non-hydrogen) atoms. The molecule has 0 unspecified atom stereocenters. The zero-order valence-corrected chi connectivity index (χ0v) is 18.3. The van der Waals surface area contributed by atoms with Gasteiger partial charge in [0.25, 0.3) is 0 Å². The van der Waals surface area contributed by atoms with Crippen LogP contribution in [0.2, 0.25) is 0 Å². The molecule has 0 bridgehead atoms. The van der Waals surface area contributed by atoms with Crippen LogP contribution in [0.1, 0.15) is 44.2 Å². The first-order chi connectivity index (χ1) is 14.6. The van der Waals surface area contributed by atoms with Gasteiger partial charge in [-0.25, -0.2) is 0 Å². The highest BCUT2D eigenvalue weighted by molar-refractivity contribution is 5.90. The lowest BCUT2D eigenvalue weighted by molar-refractivity contribution is -0.129. The van der Waals surface area contributed by atoms with Gasteiger partial charge in [0.2, 0.25) is 11.8 Å². The fourth-order valence-corrected chi connectivity index (χ4v) is 4.30. The van der Waals surface area contributed by atoms with E-state index >= 15 is 0 Å². The van der Waals surface area contributed by atoms with Crippen molar-refractivity contribution in [3.8, 4) is 5.75 Å². The first-order valence-corrected chi connectivity index (χ1v) is 11.1. The van der Waals surface area contributed by atoms with E-state index in [9.17, 15) is 9.59 Å². The molecule has 2 heterocycles. The van der Waals surface area contributed by atoms with Crippen LogP contribution in [0.25, 0.3) is 0 Å². The van der Waals surface area contributed by atoms with Crippen molar-refractivity contribution in [3.63, 3.8) is 0 Å². The largest absolute Gasteiger partial charge is 0.497 e. The number of ether oxygens (including phenoxy) is 2. The van der Waals surface area contributed by atoms with Crippen molar-refractivity contribution in [2.24, 2.45) is 5.92 Å². The molecule has 2 fully saturated rings. The number of hydrogen-bond donors (Lipinski definition) is 1. The number of carbonyl (C=O) groups excluding carboxylic acids is 2. The minimum Gasteiger partial charge on any atom is -0.497 e. The molecular weight excluding hydrogens is 382 g/mol. The Morgan fingerprint density at radius 2 is 1.90 bits per heavy atom. The van der Waals surface area contributed by atoms with E-state index in [2.05, 4.69) is 17.1 Å². The third-order valence-corrected chi connectivity index (χ3v) is 6.03. The molecule has 2 atom stereocenters. The molecule has 2 aliphatic rings. The Balaban J connectivity index is 1.62. The summed E-state index contributed by atoms with van der Waals surface area (Å²) in [7, 11) is 1.63. The number of methoxy groups -OCH3 is 1. The van der Waals surface area contributed by atoms with E-state index in [1.807, 2.05) is 29.2 Å². The average Bonchev–Trinajstić information content (AvgIpc) is 3.12. The second kappa shape index (κ2) is 11.3. The number of rotatable bonds is 10. The van der Waals surface area contributed by atoms with Crippen molar-refractivity contribution in [2.75, 3.05) is 53.0 Å². The molecule has 0 saturated carbocycles. The van der Waals surface area contributed by atoms with Gasteiger partial charge in [-0.3, -0.25) is 14.5 Å². The first-order valence-electron chi connectivity index (χ1n) is 11.1. The third-order valence-electron chi connectivity index (χ3n) is 6.03. The van der Waals surface area contributed by atoms with E-state index in [0.717, 1.165) is 63.4 Å². The number of likely N-dealkylation sites (tertiary alicyclic amines) is 1. The maximum atomic E-state index is 13.0. The van der Waals surface area contributed by atoms with Gasteiger partial charge in [0.15, 0.2) is 0 Å². The Morgan fingerprint density at radius 3 is 2.57 bits per heavy atom. The molecule has 7 nitrogen and oxygen atoms in total. The lowest BCUT2D eigenvalue weighted by Gasteiger charge is -2.29. The zero-order chi connectivity index (χ0) is 21.3. The van der Waals surface area contributed by atoms with E-state index in [0.29, 0.717) is 13.1 Å². The van der Waals surface area contributed by atoms with E-state index in [4.69, 9.17) is 9.47 Å². The highest BCUT2D eigenvalue weighted by Crippen LogP contribution is 2.39. The summed E-state index contributed by atoms with van der Waals surface area (Å²) in [6, 6.07) is 7.52. The minimum absolute atomic E-state index is 0.0230. The van der Waals surface area contributed by atoms with Crippen molar-refractivity contribution in [2.45, 2.75) is 38.6 Å². The molecule has 1 aromatic carbocycles. The van der Waals surface area contributed by atoms with Gasteiger partial charge < -0.3 is 19.7 Å². The van der Waals surface area contributed by atoms with Gasteiger partial charge in [0, 0.05) is 32.6 Å². The molecular formula is C23H35N3O4. The van der Waals surface area contributed by atoms with Crippen LogP contribution in [0, 0.1) is 5.92 Å². The highest BCUT2D eigenvalue weighted by Gasteiger charge is 2.44. The number of carbonyl (C=O) groups is 2. The summed E-state index contributed by atoms with van der Waals surface area (Å²) in [5, 5.41) is 3.08. The fourth-order valence-electron chi connectivity index (χ4n) is 4.30. The number of nitrogens with zero attached hydrogens (tertiary/aromatic N) is 2. The summed E-state index contributed by atoms with van der Waals surface area (Å²) in [6.07, 6.45) is 3.12. The van der Waals surface area contributed by atoms with E-state index in [1.165, 1.54) is 0 Å². The molecule has 2 amide bonds. The first kappa shape index (κ1) is 22.6. The van der Waals surface area contributed by atoms with Crippen LogP contribution in [-0.2, 0) is 14.3 Å². The second-order valence-corrected chi connectivity index (χ2v) is 8.07. The van der Waals surface area contributed by atoms with E-state index < -0.39 is 0 Å². The summed E-state index contributed by atoms with van der Waals surface area (Å²) < 4.78 is 10.6. The van der Waals surface area contributed by atoms with Crippen LogP contribution < -0.4 is 10.1 Å². The van der Waals surface area contributed by atoms with E-state index in [-0.39, 0.29) is 30.2 Å². The third kappa shape index (κ3) is 5.73. The molecule has 2 saturated heterocycles. The standard InChI is InChI=1S/C23H35N3O4/c1-3-4-12-26-21(27)17-20(22(26)18-6-8-19(29-2)9-7-18)23(28)24-10-5-11-25-13-15-30-16-14-25/h6-9,20,22H,3-5,10-17H2,1-2H3,(H,24,28)/t20-,22-/m0/s1. The number of hydrogen-bond acceptors (Lipinski definition) is 5. The van der Waals surface area contributed by atoms with E-state index in [1.54, 1.807) is 7.11 Å². The van der Waals surface area contributed by atoms with Crippen LogP contribution in [0.15, 0.2) is 24.3 Å². The minimum atomic E-state index is -0.355. The lowest BCUT2D eigenvalue weighted by Crippen LogP contribution is -2.39. The summed E-state index contributed by atoms with van der Waals surface area (Å²) in [5.74, 6) is 0.460. The molecule has 2 aliphatic heterocycles. The Hall–Kier alpha value is -2.12. The van der Waals surface area contributed by atoms with Crippen LogP contribution in [0.4, 0.5) is 0 Å². The molecule has 0 aromatic heterocycles. The number of amides is 2. The summed E-state index contributed by atoms with van der Waals surface area (Å²) >= 11 is 0. The second-order valence-electron chi connectivity index (χ2n) is 8.07. The molecule has 1 N–H and O–H groups in total. The average molecular weight is 418 g/mol. The summed E-state index contributed by atoms with van der Waals surface area (Å²) in [4.78, 5) is 30.0. The maximum absolute atomic E-state index is 13.0. The van der Waals surface area contributed by atoms with Crippen molar-refractivity contribution in [3.05, 3.63) is 29.8 Å². The fraction of sp³-hybridized carbons (Fsp3) is 0.652. The maximum Gasteiger partial charge on any atom is 0.226 e. The van der Waals surface area contributed by atoms with Crippen LogP contribution in [0.3, 0.4) is 0 Å². The Morgan fingerprint density at radius 1 is 1.17 bits per heavy atom. The lowest BCUT2D eigenvalue weighted by atomic mass is 9.92. The topological polar surface area (TPSA) is 71.1 Å². The predicted octanol–water partition coefficient (Wildman–Crippen LogP) is 2.22. The molecule has 166 valence electrons. The van der Waals surface area contributed by atoms with Gasteiger partial charge in [-0.1, -0.05) is 25.5 Å². The number of unbranched alkanes of at least 4 members (excludes halogenated alkanes) is 1. The Bertz CT molecular complexity index is 688. The quantitative estimate of drug-likeness (QED) is 0.591. The molecule has 0 radical (unpaired) electrons. The monoisotopic (exact) mass is 417 g/mol. The summed E-state index contributed by atoms with van der Waals surface area (Å²) in [5.41, 5.74) is 0.992. The van der Waals surface area contributed by atoms with Gasteiger partial charge in [-0.2, -0.15) is 0 Å². The van der Waals surface area contributed by atoms with Crippen LogP contribution in [0.5, 0.6) is 5.75 Å². The zero-order valence-electron chi connectivity index (χ0n) is 18.3. The SMILES string of the molecule is CCCCN1C(=O)C[C@H](C(=O)NCCCN2CCOCC2)[C@@H]1c1ccc(OC)cc1. The number of nitrogens with one attached hydrogen (secondary N) is 1. The smallest absolute Gasteiger partial charge is 0.226 e. The molecule has 7 heteroatoms. The van der Waals surface area contributed by atoms with Crippen molar-refractivity contribution in [1.29, 1.82) is 0 Å². The number of morpholine rings is 1. The molecule has 0 spiro atoms. The Kier molecular flexibility index (Phi) is 8.51. The Labute approximate surface area is 179 Å².